The number of aryl methyl sites for hydroxylation is 1. The number of carbonyl (C=O) groups excluding carboxylic acids is 1. The van der Waals surface area contributed by atoms with Gasteiger partial charge in [-0.3, -0.25) is 4.79 Å². The van der Waals surface area contributed by atoms with E-state index in [0.717, 1.165) is 13.0 Å². The first-order chi connectivity index (χ1) is 9.02. The van der Waals surface area contributed by atoms with Crippen LogP contribution in [-0.4, -0.2) is 42.2 Å². The van der Waals surface area contributed by atoms with E-state index in [4.69, 9.17) is 4.74 Å². The van der Waals surface area contributed by atoms with E-state index in [9.17, 15) is 4.79 Å². The molecule has 0 spiro atoms. The van der Waals surface area contributed by atoms with Gasteiger partial charge in [-0.25, -0.2) is 9.97 Å². The van der Waals surface area contributed by atoms with Gasteiger partial charge >= 0.3 is 0 Å². The van der Waals surface area contributed by atoms with Crippen LogP contribution in [0.1, 0.15) is 36.6 Å². The zero-order chi connectivity index (χ0) is 14.3. The molecule has 1 aromatic rings. The molecule has 0 fully saturated rings. The average molecular weight is 266 g/mol. The lowest BCUT2D eigenvalue weighted by atomic mass is 10.3. The van der Waals surface area contributed by atoms with Gasteiger partial charge in [0.05, 0.1) is 0 Å². The summed E-state index contributed by atoms with van der Waals surface area (Å²) in [4.78, 5) is 20.3. The lowest BCUT2D eigenvalue weighted by Gasteiger charge is -2.10. The van der Waals surface area contributed by atoms with E-state index in [1.54, 1.807) is 20.1 Å². The Morgan fingerprint density at radius 3 is 2.79 bits per heavy atom. The maximum Gasteiger partial charge on any atom is 0.270 e. The third kappa shape index (κ3) is 5.65. The molecule has 0 saturated carbocycles. The molecule has 1 amide bonds. The molecule has 106 valence electrons. The van der Waals surface area contributed by atoms with Crippen LogP contribution in [0.5, 0.6) is 0 Å². The molecule has 19 heavy (non-hydrogen) atoms. The Morgan fingerprint density at radius 2 is 2.16 bits per heavy atom. The Hall–Kier alpha value is -1.69. The highest BCUT2D eigenvalue weighted by molar-refractivity contribution is 5.93. The highest BCUT2D eigenvalue weighted by atomic mass is 16.5. The number of ether oxygens (including phenoxy) is 1. The van der Waals surface area contributed by atoms with Crippen molar-refractivity contribution in [2.45, 2.75) is 33.2 Å². The standard InChI is InChI=1S/C13H22N4O2/c1-9(2)15-13(18)11-8-12(17-10(3)16-11)14-6-5-7-19-4/h8-9H,5-7H2,1-4H3,(H,15,18)(H,14,16,17). The molecule has 0 saturated heterocycles. The molecular weight excluding hydrogens is 244 g/mol. The molecule has 0 aliphatic heterocycles. The second-order valence-corrected chi connectivity index (χ2v) is 4.59. The fourth-order valence-corrected chi connectivity index (χ4v) is 1.54. The summed E-state index contributed by atoms with van der Waals surface area (Å²) in [7, 11) is 1.67. The van der Waals surface area contributed by atoms with Gasteiger partial charge in [0, 0.05) is 32.4 Å². The van der Waals surface area contributed by atoms with E-state index in [2.05, 4.69) is 20.6 Å². The Balaban J connectivity index is 2.68. The van der Waals surface area contributed by atoms with Crippen molar-refractivity contribution in [1.29, 1.82) is 0 Å². The predicted octanol–water partition coefficient (Wildman–Crippen LogP) is 1.37. The van der Waals surface area contributed by atoms with Crippen LogP contribution in [-0.2, 0) is 4.74 Å². The number of carbonyl (C=O) groups is 1. The number of hydrogen-bond donors (Lipinski definition) is 2. The van der Waals surface area contributed by atoms with Gasteiger partial charge in [0.1, 0.15) is 17.3 Å². The number of aromatic nitrogens is 2. The number of hydrogen-bond acceptors (Lipinski definition) is 5. The molecule has 0 aromatic carbocycles. The van der Waals surface area contributed by atoms with Crippen LogP contribution in [0, 0.1) is 6.92 Å². The van der Waals surface area contributed by atoms with Gasteiger partial charge < -0.3 is 15.4 Å². The quantitative estimate of drug-likeness (QED) is 0.729. The van der Waals surface area contributed by atoms with Gasteiger partial charge in [0.2, 0.25) is 0 Å². The van der Waals surface area contributed by atoms with Gasteiger partial charge in [-0.15, -0.1) is 0 Å². The van der Waals surface area contributed by atoms with Crippen molar-refractivity contribution >= 4 is 11.7 Å². The zero-order valence-electron chi connectivity index (χ0n) is 12.0. The Kier molecular flexibility index (Phi) is 6.21. The average Bonchev–Trinajstić information content (AvgIpc) is 2.33. The van der Waals surface area contributed by atoms with Crippen molar-refractivity contribution in [3.63, 3.8) is 0 Å². The third-order valence-electron chi connectivity index (χ3n) is 2.32. The minimum atomic E-state index is -0.180. The number of methoxy groups -OCH3 is 1. The minimum Gasteiger partial charge on any atom is -0.385 e. The van der Waals surface area contributed by atoms with Crippen molar-refractivity contribution in [3.8, 4) is 0 Å². The van der Waals surface area contributed by atoms with Crippen LogP contribution in [0.4, 0.5) is 5.82 Å². The van der Waals surface area contributed by atoms with Crippen LogP contribution >= 0.6 is 0 Å². The predicted molar refractivity (Wildman–Crippen MR) is 74.4 cm³/mol. The number of rotatable bonds is 7. The first-order valence-electron chi connectivity index (χ1n) is 6.42. The topological polar surface area (TPSA) is 76.1 Å². The van der Waals surface area contributed by atoms with Gasteiger partial charge in [-0.05, 0) is 27.2 Å². The maximum atomic E-state index is 11.9. The Bertz CT molecular complexity index is 421. The first kappa shape index (κ1) is 15.4. The molecule has 0 bridgehead atoms. The highest BCUT2D eigenvalue weighted by Crippen LogP contribution is 2.07. The van der Waals surface area contributed by atoms with E-state index in [0.29, 0.717) is 23.9 Å². The van der Waals surface area contributed by atoms with E-state index in [-0.39, 0.29) is 11.9 Å². The van der Waals surface area contributed by atoms with E-state index in [1.165, 1.54) is 0 Å². The molecule has 0 unspecified atom stereocenters. The maximum absolute atomic E-state index is 11.9. The normalized spacial score (nSPS) is 10.6. The third-order valence-corrected chi connectivity index (χ3v) is 2.32. The Morgan fingerprint density at radius 1 is 1.42 bits per heavy atom. The minimum absolute atomic E-state index is 0.0842. The molecule has 0 aliphatic rings. The molecule has 1 rings (SSSR count). The molecule has 2 N–H and O–H groups in total. The lowest BCUT2D eigenvalue weighted by molar-refractivity contribution is 0.0937. The van der Waals surface area contributed by atoms with Crippen LogP contribution in [0.2, 0.25) is 0 Å². The van der Waals surface area contributed by atoms with Crippen molar-refractivity contribution in [2.24, 2.45) is 0 Å². The summed E-state index contributed by atoms with van der Waals surface area (Å²) in [5.41, 5.74) is 0.385. The second kappa shape index (κ2) is 7.68. The van der Waals surface area contributed by atoms with Crippen molar-refractivity contribution in [1.82, 2.24) is 15.3 Å². The highest BCUT2D eigenvalue weighted by Gasteiger charge is 2.11. The SMILES string of the molecule is COCCCNc1cc(C(=O)NC(C)C)nc(C)n1. The second-order valence-electron chi connectivity index (χ2n) is 4.59. The zero-order valence-corrected chi connectivity index (χ0v) is 12.0. The van der Waals surface area contributed by atoms with E-state index >= 15 is 0 Å². The number of amides is 1. The summed E-state index contributed by atoms with van der Waals surface area (Å²) in [6.07, 6.45) is 0.882. The fourth-order valence-electron chi connectivity index (χ4n) is 1.54. The van der Waals surface area contributed by atoms with Crippen LogP contribution in [0.3, 0.4) is 0 Å². The number of nitrogens with one attached hydrogen (secondary N) is 2. The monoisotopic (exact) mass is 266 g/mol. The Labute approximate surface area is 114 Å². The van der Waals surface area contributed by atoms with Gasteiger partial charge in [-0.2, -0.15) is 0 Å². The van der Waals surface area contributed by atoms with Crippen molar-refractivity contribution in [2.75, 3.05) is 25.6 Å². The van der Waals surface area contributed by atoms with Crippen LogP contribution in [0.15, 0.2) is 6.07 Å². The summed E-state index contributed by atoms with van der Waals surface area (Å²) in [6, 6.07) is 1.75. The first-order valence-corrected chi connectivity index (χ1v) is 6.42. The molecule has 0 radical (unpaired) electrons. The molecule has 6 nitrogen and oxygen atoms in total. The molecule has 0 aliphatic carbocycles. The molecule has 6 heteroatoms. The smallest absolute Gasteiger partial charge is 0.270 e. The lowest BCUT2D eigenvalue weighted by Crippen LogP contribution is -2.31. The van der Waals surface area contributed by atoms with Gasteiger partial charge in [-0.1, -0.05) is 0 Å². The van der Waals surface area contributed by atoms with E-state index in [1.807, 2.05) is 13.8 Å². The largest absolute Gasteiger partial charge is 0.385 e. The molecular formula is C13H22N4O2. The fraction of sp³-hybridized carbons (Fsp3) is 0.615. The summed E-state index contributed by atoms with van der Waals surface area (Å²) >= 11 is 0. The van der Waals surface area contributed by atoms with Crippen molar-refractivity contribution in [3.05, 3.63) is 17.6 Å². The van der Waals surface area contributed by atoms with Crippen molar-refractivity contribution < 1.29 is 9.53 Å². The summed E-state index contributed by atoms with van der Waals surface area (Å²) in [5.74, 6) is 1.06. The summed E-state index contributed by atoms with van der Waals surface area (Å²) in [5, 5.41) is 5.97. The molecule has 1 aromatic heterocycles. The summed E-state index contributed by atoms with van der Waals surface area (Å²) in [6.45, 7) is 7.03. The van der Waals surface area contributed by atoms with Crippen LogP contribution < -0.4 is 10.6 Å². The number of nitrogens with zero attached hydrogens (tertiary/aromatic N) is 2. The van der Waals surface area contributed by atoms with E-state index < -0.39 is 0 Å². The number of anilines is 1. The van der Waals surface area contributed by atoms with Crippen LogP contribution in [0.25, 0.3) is 0 Å². The summed E-state index contributed by atoms with van der Waals surface area (Å²) < 4.78 is 4.97. The van der Waals surface area contributed by atoms with Gasteiger partial charge in [0.25, 0.3) is 5.91 Å². The molecule has 1 heterocycles. The molecule has 0 atom stereocenters. The van der Waals surface area contributed by atoms with Gasteiger partial charge in [0.15, 0.2) is 0 Å².